The van der Waals surface area contributed by atoms with Crippen LogP contribution in [0.15, 0.2) is 47.0 Å². The molecule has 4 rings (SSSR count). The first-order valence-corrected chi connectivity index (χ1v) is 10.1. The maximum Gasteiger partial charge on any atom is 0.227 e. The fourth-order valence-electron chi connectivity index (χ4n) is 3.52. The Bertz CT molecular complexity index is 968. The van der Waals surface area contributed by atoms with E-state index in [1.807, 2.05) is 18.2 Å². The van der Waals surface area contributed by atoms with Gasteiger partial charge in [0.05, 0.1) is 7.11 Å². The van der Waals surface area contributed by atoms with E-state index in [9.17, 15) is 4.39 Å². The van der Waals surface area contributed by atoms with Crippen molar-refractivity contribution in [1.82, 2.24) is 15.0 Å². The summed E-state index contributed by atoms with van der Waals surface area (Å²) >= 11 is 0. The van der Waals surface area contributed by atoms with Gasteiger partial charge in [0.1, 0.15) is 11.6 Å². The normalized spacial score (nSPS) is 13.8. The molecule has 29 heavy (non-hydrogen) atoms. The van der Waals surface area contributed by atoms with Crippen molar-refractivity contribution in [2.45, 2.75) is 45.2 Å². The van der Waals surface area contributed by atoms with E-state index in [0.29, 0.717) is 35.3 Å². The maximum absolute atomic E-state index is 13.8. The largest absolute Gasteiger partial charge is 0.496 e. The summed E-state index contributed by atoms with van der Waals surface area (Å²) in [4.78, 5) is 6.94. The molecular weight excluding hydrogens is 369 g/mol. The summed E-state index contributed by atoms with van der Waals surface area (Å²) in [7, 11) is 1.72. The Labute approximate surface area is 170 Å². The number of hydrogen-bond acceptors (Lipinski definition) is 5. The van der Waals surface area contributed by atoms with E-state index in [-0.39, 0.29) is 5.82 Å². The fraction of sp³-hybridized carbons (Fsp3) is 0.391. The lowest BCUT2D eigenvalue weighted by Gasteiger charge is -2.22. The summed E-state index contributed by atoms with van der Waals surface area (Å²) in [5.41, 5.74) is 2.45. The lowest BCUT2D eigenvalue weighted by molar-refractivity contribution is 0.243. The van der Waals surface area contributed by atoms with E-state index in [2.05, 4.69) is 27.2 Å². The second kappa shape index (κ2) is 8.74. The van der Waals surface area contributed by atoms with Gasteiger partial charge in [-0.15, -0.1) is 0 Å². The number of ether oxygens (including phenoxy) is 1. The number of benzene rings is 2. The van der Waals surface area contributed by atoms with Gasteiger partial charge in [0, 0.05) is 30.1 Å². The molecule has 3 aromatic rings. The van der Waals surface area contributed by atoms with Crippen LogP contribution < -0.4 is 4.74 Å². The molecule has 0 unspecified atom stereocenters. The number of aromatic nitrogens is 2. The van der Waals surface area contributed by atoms with Crippen LogP contribution in [0.2, 0.25) is 0 Å². The molecule has 0 amide bonds. The van der Waals surface area contributed by atoms with Gasteiger partial charge in [0.15, 0.2) is 0 Å². The van der Waals surface area contributed by atoms with Crippen molar-refractivity contribution < 1.29 is 13.7 Å². The summed E-state index contributed by atoms with van der Waals surface area (Å²) in [5, 5.41) is 4.01. The van der Waals surface area contributed by atoms with Gasteiger partial charge in [0.25, 0.3) is 0 Å². The van der Waals surface area contributed by atoms with Gasteiger partial charge in [-0.2, -0.15) is 4.98 Å². The number of nitrogens with zero attached hydrogens (tertiary/aromatic N) is 3. The van der Waals surface area contributed by atoms with E-state index in [1.54, 1.807) is 20.1 Å². The van der Waals surface area contributed by atoms with E-state index in [0.717, 1.165) is 25.3 Å². The standard InChI is InChI=1S/C23H26FN3O2/c1-16-9-10-17(14-20(16)24)23-25-22(29-26-23)8-5-13-27(19-11-12-19)15-18-6-3-4-7-21(18)28-2/h3-4,6-7,9-10,14,19H,5,8,11-13,15H2,1-2H3. The number of aryl methyl sites for hydroxylation is 2. The molecule has 0 saturated heterocycles. The van der Waals surface area contributed by atoms with Gasteiger partial charge in [-0.3, -0.25) is 4.90 Å². The number of halogens is 1. The minimum atomic E-state index is -0.259. The highest BCUT2D eigenvalue weighted by Crippen LogP contribution is 2.30. The molecule has 1 heterocycles. The summed E-state index contributed by atoms with van der Waals surface area (Å²) in [6.07, 6.45) is 4.13. The minimum absolute atomic E-state index is 0.259. The molecule has 1 aromatic heterocycles. The SMILES string of the molecule is COc1ccccc1CN(CCCc1nc(-c2ccc(C)c(F)c2)no1)C1CC1. The van der Waals surface area contributed by atoms with Gasteiger partial charge in [0.2, 0.25) is 11.7 Å². The van der Waals surface area contributed by atoms with Gasteiger partial charge in [-0.25, -0.2) is 4.39 Å². The van der Waals surface area contributed by atoms with Gasteiger partial charge in [-0.05, 0) is 50.4 Å². The van der Waals surface area contributed by atoms with Crippen LogP contribution in [0.4, 0.5) is 4.39 Å². The highest BCUT2D eigenvalue weighted by Gasteiger charge is 2.29. The Morgan fingerprint density at radius 2 is 2.03 bits per heavy atom. The van der Waals surface area contributed by atoms with Crippen LogP contribution in [-0.4, -0.2) is 34.7 Å². The molecule has 1 aliphatic carbocycles. The third-order valence-corrected chi connectivity index (χ3v) is 5.36. The van der Waals surface area contributed by atoms with Crippen molar-refractivity contribution in [1.29, 1.82) is 0 Å². The first-order chi connectivity index (χ1) is 14.1. The predicted molar refractivity (Wildman–Crippen MR) is 109 cm³/mol. The first kappa shape index (κ1) is 19.6. The Hall–Kier alpha value is -2.73. The highest BCUT2D eigenvalue weighted by molar-refractivity contribution is 5.54. The van der Waals surface area contributed by atoms with Crippen LogP contribution in [0.1, 0.15) is 36.3 Å². The van der Waals surface area contributed by atoms with Gasteiger partial charge >= 0.3 is 0 Å². The summed E-state index contributed by atoms with van der Waals surface area (Å²) in [5.74, 6) is 1.70. The lowest BCUT2D eigenvalue weighted by atomic mass is 10.1. The number of methoxy groups -OCH3 is 1. The van der Waals surface area contributed by atoms with Gasteiger partial charge < -0.3 is 9.26 Å². The van der Waals surface area contributed by atoms with Crippen molar-refractivity contribution >= 4 is 0 Å². The summed E-state index contributed by atoms with van der Waals surface area (Å²) in [6, 6.07) is 13.8. The molecule has 0 spiro atoms. The van der Waals surface area contributed by atoms with Crippen molar-refractivity contribution in [2.24, 2.45) is 0 Å². The zero-order chi connectivity index (χ0) is 20.2. The number of rotatable bonds is 9. The third kappa shape index (κ3) is 4.82. The zero-order valence-electron chi connectivity index (χ0n) is 16.9. The Kier molecular flexibility index (Phi) is 5.90. The predicted octanol–water partition coefficient (Wildman–Crippen LogP) is 4.79. The average molecular weight is 395 g/mol. The molecule has 2 aromatic carbocycles. The van der Waals surface area contributed by atoms with E-state index >= 15 is 0 Å². The van der Waals surface area contributed by atoms with Crippen LogP contribution in [0.25, 0.3) is 11.4 Å². The van der Waals surface area contributed by atoms with Crippen molar-refractivity contribution in [2.75, 3.05) is 13.7 Å². The summed E-state index contributed by atoms with van der Waals surface area (Å²) < 4.78 is 24.7. The molecule has 5 nitrogen and oxygen atoms in total. The fourth-order valence-corrected chi connectivity index (χ4v) is 3.52. The minimum Gasteiger partial charge on any atom is -0.496 e. The average Bonchev–Trinajstić information content (AvgIpc) is 3.48. The molecule has 152 valence electrons. The summed E-state index contributed by atoms with van der Waals surface area (Å²) in [6.45, 7) is 3.57. The molecule has 6 heteroatoms. The van der Waals surface area contributed by atoms with Crippen LogP contribution >= 0.6 is 0 Å². The van der Waals surface area contributed by atoms with Crippen LogP contribution in [-0.2, 0) is 13.0 Å². The van der Waals surface area contributed by atoms with E-state index in [4.69, 9.17) is 9.26 Å². The second-order valence-corrected chi connectivity index (χ2v) is 7.59. The van der Waals surface area contributed by atoms with Crippen LogP contribution in [0, 0.1) is 12.7 Å². The highest BCUT2D eigenvalue weighted by atomic mass is 19.1. The molecule has 1 aliphatic rings. The zero-order valence-corrected chi connectivity index (χ0v) is 16.9. The van der Waals surface area contributed by atoms with Crippen molar-refractivity contribution in [3.05, 3.63) is 65.3 Å². The monoisotopic (exact) mass is 395 g/mol. The molecule has 0 radical (unpaired) electrons. The number of hydrogen-bond donors (Lipinski definition) is 0. The van der Waals surface area contributed by atoms with Crippen LogP contribution in [0.3, 0.4) is 0 Å². The van der Waals surface area contributed by atoms with Crippen LogP contribution in [0.5, 0.6) is 5.75 Å². The number of para-hydroxylation sites is 1. The Balaban J connectivity index is 1.35. The third-order valence-electron chi connectivity index (χ3n) is 5.36. The maximum atomic E-state index is 13.8. The molecule has 1 fully saturated rings. The molecule has 1 saturated carbocycles. The lowest BCUT2D eigenvalue weighted by Crippen LogP contribution is -2.27. The van der Waals surface area contributed by atoms with E-state index < -0.39 is 0 Å². The molecule has 0 bridgehead atoms. The van der Waals surface area contributed by atoms with Gasteiger partial charge in [-0.1, -0.05) is 35.5 Å². The molecule has 0 atom stereocenters. The second-order valence-electron chi connectivity index (χ2n) is 7.59. The quantitative estimate of drug-likeness (QED) is 0.521. The topological polar surface area (TPSA) is 51.4 Å². The van der Waals surface area contributed by atoms with Crippen molar-refractivity contribution in [3.63, 3.8) is 0 Å². The smallest absolute Gasteiger partial charge is 0.227 e. The Morgan fingerprint density at radius 1 is 1.21 bits per heavy atom. The van der Waals surface area contributed by atoms with Crippen molar-refractivity contribution in [3.8, 4) is 17.1 Å². The Morgan fingerprint density at radius 3 is 2.79 bits per heavy atom. The molecular formula is C23H26FN3O2. The molecule has 0 aliphatic heterocycles. The first-order valence-electron chi connectivity index (χ1n) is 10.1. The van der Waals surface area contributed by atoms with E-state index in [1.165, 1.54) is 24.5 Å². The molecule has 0 N–H and O–H groups in total.